The Balaban J connectivity index is 2.43. The third-order valence-electron chi connectivity index (χ3n) is 2.59. The molecule has 0 saturated carbocycles. The number of nitrogens with zero attached hydrogens (tertiary/aromatic N) is 2. The van der Waals surface area contributed by atoms with Gasteiger partial charge in [-0.15, -0.1) is 0 Å². The second-order valence-corrected chi connectivity index (χ2v) is 4.21. The summed E-state index contributed by atoms with van der Waals surface area (Å²) in [4.78, 5) is 12.0. The van der Waals surface area contributed by atoms with Crippen LogP contribution in [0.15, 0.2) is 6.07 Å². The molecule has 3 N–H and O–H groups in total. The highest BCUT2D eigenvalue weighted by atomic mass is 16.5. The summed E-state index contributed by atoms with van der Waals surface area (Å²) in [5, 5.41) is 10.9. The van der Waals surface area contributed by atoms with E-state index < -0.39 is 0 Å². The molecule has 0 unspecified atom stereocenters. The Bertz CT molecular complexity index is 410. The third kappa shape index (κ3) is 5.32. The van der Waals surface area contributed by atoms with Crippen LogP contribution in [0.1, 0.15) is 35.1 Å². The lowest BCUT2D eigenvalue weighted by atomic mass is 10.1. The van der Waals surface area contributed by atoms with E-state index in [1.54, 1.807) is 6.07 Å². The zero-order chi connectivity index (χ0) is 14.1. The van der Waals surface area contributed by atoms with Crippen LogP contribution in [0.5, 0.6) is 0 Å². The highest BCUT2D eigenvalue weighted by molar-refractivity contribution is 5.95. The van der Waals surface area contributed by atoms with Gasteiger partial charge in [-0.1, -0.05) is 6.92 Å². The van der Waals surface area contributed by atoms with Gasteiger partial charge < -0.3 is 15.8 Å². The predicted molar refractivity (Wildman–Crippen MR) is 73.0 cm³/mol. The monoisotopic (exact) mass is 266 g/mol. The van der Waals surface area contributed by atoms with Gasteiger partial charge in [0.05, 0.1) is 23.6 Å². The minimum Gasteiger partial charge on any atom is -0.380 e. The average Bonchev–Trinajstić information content (AvgIpc) is 2.42. The van der Waals surface area contributed by atoms with Gasteiger partial charge in [0.25, 0.3) is 5.91 Å². The molecule has 0 aromatic carbocycles. The molecule has 1 aromatic rings. The van der Waals surface area contributed by atoms with Crippen molar-refractivity contribution in [1.29, 1.82) is 0 Å². The maximum absolute atomic E-state index is 12.0. The van der Waals surface area contributed by atoms with Crippen LogP contribution in [0.2, 0.25) is 0 Å². The molecule has 6 heteroatoms. The molecule has 0 aliphatic carbocycles. The van der Waals surface area contributed by atoms with Crippen LogP contribution in [-0.2, 0) is 11.2 Å². The summed E-state index contributed by atoms with van der Waals surface area (Å²) < 4.78 is 5.24. The number of carbonyl (C=O) groups is 1. The summed E-state index contributed by atoms with van der Waals surface area (Å²) in [7, 11) is 0. The summed E-state index contributed by atoms with van der Waals surface area (Å²) in [5.41, 5.74) is 7.38. The van der Waals surface area contributed by atoms with Crippen molar-refractivity contribution < 1.29 is 9.53 Å². The van der Waals surface area contributed by atoms with Gasteiger partial charge >= 0.3 is 0 Å². The summed E-state index contributed by atoms with van der Waals surface area (Å²) in [6.07, 6.45) is 1.46. The van der Waals surface area contributed by atoms with Crippen molar-refractivity contribution >= 4 is 5.91 Å². The number of aryl methyl sites for hydroxylation is 2. The Hall–Kier alpha value is -1.53. The summed E-state index contributed by atoms with van der Waals surface area (Å²) in [5.74, 6) is -0.103. The van der Waals surface area contributed by atoms with E-state index in [0.29, 0.717) is 38.3 Å². The van der Waals surface area contributed by atoms with Crippen LogP contribution in [0.4, 0.5) is 0 Å². The molecule has 0 atom stereocenters. The number of hydrogen-bond donors (Lipinski definition) is 2. The second-order valence-electron chi connectivity index (χ2n) is 4.21. The Kier molecular flexibility index (Phi) is 6.99. The van der Waals surface area contributed by atoms with Crippen LogP contribution in [-0.4, -0.2) is 42.4 Å². The number of rotatable bonds is 8. The van der Waals surface area contributed by atoms with Gasteiger partial charge in [0, 0.05) is 19.7 Å². The molecule has 0 radical (unpaired) electrons. The Morgan fingerprint density at radius 3 is 2.89 bits per heavy atom. The van der Waals surface area contributed by atoms with E-state index in [1.165, 1.54) is 0 Å². The van der Waals surface area contributed by atoms with E-state index in [4.69, 9.17) is 10.5 Å². The molecule has 0 fully saturated rings. The molecule has 1 heterocycles. The van der Waals surface area contributed by atoms with Crippen LogP contribution in [0.25, 0.3) is 0 Å². The fourth-order valence-corrected chi connectivity index (χ4v) is 1.63. The van der Waals surface area contributed by atoms with Crippen LogP contribution in [0.3, 0.4) is 0 Å². The minimum atomic E-state index is -0.103. The van der Waals surface area contributed by atoms with Crippen molar-refractivity contribution in [3.05, 3.63) is 23.0 Å². The van der Waals surface area contributed by atoms with Crippen molar-refractivity contribution in [3.63, 3.8) is 0 Å². The smallest absolute Gasteiger partial charge is 0.253 e. The predicted octanol–water partition coefficient (Wildman–Crippen LogP) is 0.443. The zero-order valence-electron chi connectivity index (χ0n) is 11.6. The molecular weight excluding hydrogens is 244 g/mol. The molecule has 0 spiro atoms. The summed E-state index contributed by atoms with van der Waals surface area (Å²) >= 11 is 0. The van der Waals surface area contributed by atoms with Crippen LogP contribution in [0, 0.1) is 6.92 Å². The largest absolute Gasteiger partial charge is 0.380 e. The summed E-state index contributed by atoms with van der Waals surface area (Å²) in [6, 6.07) is 1.77. The molecule has 1 amide bonds. The van der Waals surface area contributed by atoms with Crippen molar-refractivity contribution in [1.82, 2.24) is 15.5 Å². The Morgan fingerprint density at radius 2 is 2.21 bits per heavy atom. The minimum absolute atomic E-state index is 0.103. The van der Waals surface area contributed by atoms with Gasteiger partial charge in [-0.2, -0.15) is 10.2 Å². The first-order valence-electron chi connectivity index (χ1n) is 6.58. The first-order chi connectivity index (χ1) is 9.19. The van der Waals surface area contributed by atoms with Gasteiger partial charge in [0.15, 0.2) is 0 Å². The van der Waals surface area contributed by atoms with E-state index in [2.05, 4.69) is 15.5 Å². The molecular formula is C13H22N4O2. The van der Waals surface area contributed by atoms with Gasteiger partial charge in [-0.25, -0.2) is 0 Å². The van der Waals surface area contributed by atoms with Gasteiger partial charge in [0.1, 0.15) is 0 Å². The number of ether oxygens (including phenoxy) is 1. The molecule has 19 heavy (non-hydrogen) atoms. The van der Waals surface area contributed by atoms with E-state index in [-0.39, 0.29) is 5.91 Å². The molecule has 106 valence electrons. The van der Waals surface area contributed by atoms with Crippen molar-refractivity contribution in [2.45, 2.75) is 26.7 Å². The van der Waals surface area contributed by atoms with E-state index in [9.17, 15) is 4.79 Å². The average molecular weight is 266 g/mol. The second kappa shape index (κ2) is 8.55. The van der Waals surface area contributed by atoms with E-state index in [0.717, 1.165) is 17.8 Å². The molecule has 0 bridgehead atoms. The van der Waals surface area contributed by atoms with Crippen molar-refractivity contribution in [2.75, 3.05) is 26.3 Å². The Labute approximate surface area is 113 Å². The fourth-order valence-electron chi connectivity index (χ4n) is 1.63. The fraction of sp³-hybridized carbons (Fsp3) is 0.615. The normalized spacial score (nSPS) is 10.5. The topological polar surface area (TPSA) is 90.1 Å². The third-order valence-corrected chi connectivity index (χ3v) is 2.59. The molecule has 0 saturated heterocycles. The lowest BCUT2D eigenvalue weighted by molar-refractivity contribution is 0.0941. The highest BCUT2D eigenvalue weighted by Gasteiger charge is 2.12. The highest BCUT2D eigenvalue weighted by Crippen LogP contribution is 2.07. The molecule has 1 aromatic heterocycles. The van der Waals surface area contributed by atoms with E-state index in [1.807, 2.05) is 13.8 Å². The number of hydrogen-bond acceptors (Lipinski definition) is 5. The standard InChI is InChI=1S/C13H22N4O2/c1-3-12-11(9-10(2)16-17-12)13(18)15-6-4-7-19-8-5-14/h9H,3-8,14H2,1-2H3,(H,15,18). The lowest BCUT2D eigenvalue weighted by Crippen LogP contribution is -2.27. The van der Waals surface area contributed by atoms with Gasteiger partial charge in [-0.3, -0.25) is 4.79 Å². The number of nitrogens with two attached hydrogens (primary N) is 1. The number of nitrogens with one attached hydrogen (secondary N) is 1. The number of amides is 1. The van der Waals surface area contributed by atoms with Crippen LogP contribution < -0.4 is 11.1 Å². The first-order valence-corrected chi connectivity index (χ1v) is 6.58. The van der Waals surface area contributed by atoms with Crippen LogP contribution >= 0.6 is 0 Å². The number of aromatic nitrogens is 2. The lowest BCUT2D eigenvalue weighted by Gasteiger charge is -2.08. The van der Waals surface area contributed by atoms with Crippen molar-refractivity contribution in [3.8, 4) is 0 Å². The molecule has 0 aliphatic heterocycles. The molecule has 1 rings (SSSR count). The molecule has 6 nitrogen and oxygen atoms in total. The maximum atomic E-state index is 12.0. The summed E-state index contributed by atoms with van der Waals surface area (Å²) in [6.45, 7) is 6.04. The maximum Gasteiger partial charge on any atom is 0.253 e. The number of carbonyl (C=O) groups excluding carboxylic acids is 1. The Morgan fingerprint density at radius 1 is 1.42 bits per heavy atom. The first kappa shape index (κ1) is 15.5. The quantitative estimate of drug-likeness (QED) is 0.666. The van der Waals surface area contributed by atoms with Gasteiger partial charge in [-0.05, 0) is 25.8 Å². The molecule has 0 aliphatic rings. The zero-order valence-corrected chi connectivity index (χ0v) is 11.6. The van der Waals surface area contributed by atoms with Crippen molar-refractivity contribution in [2.24, 2.45) is 5.73 Å². The SMILES string of the molecule is CCc1nnc(C)cc1C(=O)NCCCOCCN. The van der Waals surface area contributed by atoms with E-state index >= 15 is 0 Å². The van der Waals surface area contributed by atoms with Gasteiger partial charge in [0.2, 0.25) is 0 Å².